The number of nitrogens with zero attached hydrogens (tertiary/aromatic N) is 1. The van der Waals surface area contributed by atoms with E-state index >= 15 is 0 Å². The zero-order valence-corrected chi connectivity index (χ0v) is 10.2. The highest BCUT2D eigenvalue weighted by atomic mass is 79.9. The molecule has 0 saturated heterocycles. The first-order chi connectivity index (χ1) is 7.16. The first-order valence-corrected chi connectivity index (χ1v) is 5.82. The first-order valence-electron chi connectivity index (χ1n) is 4.14. The van der Waals surface area contributed by atoms with E-state index in [1.807, 2.05) is 11.4 Å². The number of halogens is 1. The molecular weight excluding hydrogens is 280 g/mol. The number of anilines is 1. The number of amides is 1. The Bertz CT molecular complexity index is 492. The molecular formula is C9H7BrN2O2S. The zero-order valence-electron chi connectivity index (χ0n) is 7.78. The van der Waals surface area contributed by atoms with Crippen LogP contribution in [0.4, 0.5) is 5.88 Å². The molecule has 2 rings (SSSR count). The van der Waals surface area contributed by atoms with Crippen LogP contribution in [0.15, 0.2) is 26.5 Å². The third-order valence-corrected chi connectivity index (χ3v) is 3.52. The molecule has 0 aliphatic rings. The van der Waals surface area contributed by atoms with E-state index in [0.29, 0.717) is 10.8 Å². The molecule has 0 aliphatic carbocycles. The number of carbonyl (C=O) groups excluding carboxylic acids is 1. The lowest BCUT2D eigenvalue weighted by Crippen LogP contribution is -2.09. The van der Waals surface area contributed by atoms with Gasteiger partial charge in [-0.2, -0.15) is 0 Å². The van der Waals surface area contributed by atoms with Crippen molar-refractivity contribution in [2.24, 2.45) is 0 Å². The lowest BCUT2D eigenvalue weighted by atomic mass is 10.4. The van der Waals surface area contributed by atoms with Gasteiger partial charge < -0.3 is 4.52 Å². The van der Waals surface area contributed by atoms with E-state index in [0.717, 1.165) is 10.2 Å². The highest BCUT2D eigenvalue weighted by molar-refractivity contribution is 9.10. The molecule has 1 amide bonds. The molecule has 0 unspecified atom stereocenters. The minimum atomic E-state index is -0.201. The topological polar surface area (TPSA) is 55.1 Å². The smallest absolute Gasteiger partial charge is 0.269 e. The molecule has 2 aromatic heterocycles. The van der Waals surface area contributed by atoms with E-state index in [2.05, 4.69) is 26.4 Å². The second-order valence-corrected chi connectivity index (χ2v) is 4.65. The molecule has 0 aromatic carbocycles. The lowest BCUT2D eigenvalue weighted by Gasteiger charge is -1.97. The predicted octanol–water partition coefficient (Wildman–Crippen LogP) is 3.06. The van der Waals surface area contributed by atoms with Gasteiger partial charge in [0.05, 0.1) is 5.69 Å². The van der Waals surface area contributed by atoms with Crippen LogP contribution in [0.1, 0.15) is 15.4 Å². The number of aromatic nitrogens is 1. The van der Waals surface area contributed by atoms with Crippen molar-refractivity contribution in [2.45, 2.75) is 6.92 Å². The summed E-state index contributed by atoms with van der Waals surface area (Å²) in [5.41, 5.74) is 0.732. The summed E-state index contributed by atoms with van der Waals surface area (Å²) < 4.78 is 5.66. The maximum atomic E-state index is 11.7. The molecule has 1 N–H and O–H groups in total. The number of hydrogen-bond acceptors (Lipinski definition) is 4. The summed E-state index contributed by atoms with van der Waals surface area (Å²) in [4.78, 5) is 12.3. The molecule has 0 spiro atoms. The normalized spacial score (nSPS) is 10.3. The number of aryl methyl sites for hydroxylation is 1. The largest absolute Gasteiger partial charge is 0.338 e. The molecule has 0 atom stereocenters. The van der Waals surface area contributed by atoms with Crippen molar-refractivity contribution in [3.05, 3.63) is 32.6 Å². The highest BCUT2D eigenvalue weighted by Crippen LogP contribution is 2.23. The summed E-state index contributed by atoms with van der Waals surface area (Å²) in [7, 11) is 0. The summed E-state index contributed by atoms with van der Waals surface area (Å²) in [5.74, 6) is 0.158. The van der Waals surface area contributed by atoms with Crippen molar-refractivity contribution in [3.8, 4) is 0 Å². The van der Waals surface area contributed by atoms with Gasteiger partial charge in [0.2, 0.25) is 5.88 Å². The SMILES string of the molecule is Cc1cc(NC(=O)c2sccc2Br)on1. The Kier molecular flexibility index (Phi) is 2.88. The number of rotatable bonds is 2. The fourth-order valence-corrected chi connectivity index (χ4v) is 2.49. The van der Waals surface area contributed by atoms with E-state index in [-0.39, 0.29) is 5.91 Å². The summed E-state index contributed by atoms with van der Waals surface area (Å²) in [6.45, 7) is 1.79. The van der Waals surface area contributed by atoms with E-state index < -0.39 is 0 Å². The fraction of sp³-hybridized carbons (Fsp3) is 0.111. The Labute approximate surface area is 98.4 Å². The Morgan fingerprint density at radius 3 is 3.00 bits per heavy atom. The van der Waals surface area contributed by atoms with Crippen molar-refractivity contribution >= 4 is 39.1 Å². The molecule has 0 fully saturated rings. The van der Waals surface area contributed by atoms with Crippen molar-refractivity contribution in [2.75, 3.05) is 5.32 Å². The van der Waals surface area contributed by atoms with E-state index in [4.69, 9.17) is 4.52 Å². The Hall–Kier alpha value is -1.14. The minimum Gasteiger partial charge on any atom is -0.338 e. The molecule has 4 nitrogen and oxygen atoms in total. The van der Waals surface area contributed by atoms with Crippen molar-refractivity contribution in [3.63, 3.8) is 0 Å². The van der Waals surface area contributed by atoms with Crippen LogP contribution in [0.5, 0.6) is 0 Å². The van der Waals surface area contributed by atoms with Crippen LogP contribution in [0.3, 0.4) is 0 Å². The summed E-state index contributed by atoms with van der Waals surface area (Å²) in [6.07, 6.45) is 0. The van der Waals surface area contributed by atoms with E-state index in [9.17, 15) is 4.79 Å². The van der Waals surface area contributed by atoms with Gasteiger partial charge in [0.25, 0.3) is 5.91 Å². The third-order valence-electron chi connectivity index (χ3n) is 1.69. The van der Waals surface area contributed by atoms with Gasteiger partial charge in [-0.05, 0) is 34.3 Å². The Morgan fingerprint density at radius 2 is 2.47 bits per heavy atom. The quantitative estimate of drug-likeness (QED) is 0.923. The van der Waals surface area contributed by atoms with Gasteiger partial charge in [0.1, 0.15) is 4.88 Å². The average Bonchev–Trinajstić information content (AvgIpc) is 2.75. The van der Waals surface area contributed by atoms with Gasteiger partial charge in [0.15, 0.2) is 0 Å². The average molecular weight is 287 g/mol. The van der Waals surface area contributed by atoms with Crippen LogP contribution in [0.2, 0.25) is 0 Å². The third kappa shape index (κ3) is 2.27. The van der Waals surface area contributed by atoms with Crippen LogP contribution in [0, 0.1) is 6.92 Å². The molecule has 0 aliphatic heterocycles. The van der Waals surface area contributed by atoms with E-state index in [1.54, 1.807) is 13.0 Å². The molecule has 2 aromatic rings. The molecule has 0 bridgehead atoms. The van der Waals surface area contributed by atoms with Gasteiger partial charge in [0, 0.05) is 10.5 Å². The van der Waals surface area contributed by atoms with Gasteiger partial charge in [-0.15, -0.1) is 11.3 Å². The van der Waals surface area contributed by atoms with Crippen molar-refractivity contribution in [1.29, 1.82) is 0 Å². The van der Waals surface area contributed by atoms with Crippen molar-refractivity contribution < 1.29 is 9.32 Å². The van der Waals surface area contributed by atoms with Crippen LogP contribution in [0.25, 0.3) is 0 Å². The molecule has 15 heavy (non-hydrogen) atoms. The monoisotopic (exact) mass is 286 g/mol. The van der Waals surface area contributed by atoms with Crippen LogP contribution in [-0.4, -0.2) is 11.1 Å². The minimum absolute atomic E-state index is 0.201. The van der Waals surface area contributed by atoms with Gasteiger partial charge >= 0.3 is 0 Å². The standard InChI is InChI=1S/C9H7BrN2O2S/c1-5-4-7(14-12-5)11-9(13)8-6(10)2-3-15-8/h2-4H,1H3,(H,11,13). The number of carbonyl (C=O) groups is 1. The Balaban J connectivity index is 2.14. The molecule has 0 radical (unpaired) electrons. The second kappa shape index (κ2) is 4.16. The maximum absolute atomic E-state index is 11.7. The predicted molar refractivity (Wildman–Crippen MR) is 61.2 cm³/mol. The first kappa shape index (κ1) is 10.4. The molecule has 6 heteroatoms. The number of nitrogens with one attached hydrogen (secondary N) is 1. The van der Waals surface area contributed by atoms with Gasteiger partial charge in [-0.3, -0.25) is 10.1 Å². The number of hydrogen-bond donors (Lipinski definition) is 1. The summed E-state index contributed by atoms with van der Waals surface area (Å²) >= 11 is 4.65. The molecule has 2 heterocycles. The fourth-order valence-electron chi connectivity index (χ4n) is 1.05. The lowest BCUT2D eigenvalue weighted by molar-refractivity contribution is 0.102. The highest BCUT2D eigenvalue weighted by Gasteiger charge is 2.13. The maximum Gasteiger partial charge on any atom is 0.269 e. The van der Waals surface area contributed by atoms with Crippen LogP contribution in [-0.2, 0) is 0 Å². The summed E-state index contributed by atoms with van der Waals surface area (Å²) in [6, 6.07) is 3.49. The van der Waals surface area contributed by atoms with Crippen molar-refractivity contribution in [1.82, 2.24) is 5.16 Å². The van der Waals surface area contributed by atoms with Gasteiger partial charge in [-0.1, -0.05) is 5.16 Å². The van der Waals surface area contributed by atoms with Crippen LogP contribution < -0.4 is 5.32 Å². The zero-order chi connectivity index (χ0) is 10.8. The Morgan fingerprint density at radius 1 is 1.67 bits per heavy atom. The second-order valence-electron chi connectivity index (χ2n) is 2.88. The number of thiophene rings is 1. The van der Waals surface area contributed by atoms with Crippen LogP contribution >= 0.6 is 27.3 Å². The molecule has 0 saturated carbocycles. The summed E-state index contributed by atoms with van der Waals surface area (Å²) in [5, 5.41) is 8.13. The van der Waals surface area contributed by atoms with Gasteiger partial charge in [-0.25, -0.2) is 0 Å². The van der Waals surface area contributed by atoms with E-state index in [1.165, 1.54) is 11.3 Å². The molecule has 78 valence electrons.